The molecule has 0 aliphatic heterocycles. The maximum Gasteiger partial charge on any atom is 0.247 e. The molecule has 4 N–H and O–H groups in total. The third-order valence-corrected chi connectivity index (χ3v) is 5.96. The summed E-state index contributed by atoms with van der Waals surface area (Å²) in [7, 11) is 5.85. The van der Waals surface area contributed by atoms with Crippen LogP contribution in [-0.4, -0.2) is 61.6 Å². The van der Waals surface area contributed by atoms with E-state index in [0.717, 1.165) is 42.1 Å². The lowest BCUT2D eigenvalue weighted by Gasteiger charge is -2.23. The van der Waals surface area contributed by atoms with Crippen LogP contribution in [0, 0.1) is 0 Å². The van der Waals surface area contributed by atoms with E-state index < -0.39 is 0 Å². The number of anilines is 5. The van der Waals surface area contributed by atoms with E-state index in [1.807, 2.05) is 44.4 Å². The zero-order chi connectivity index (χ0) is 27.1. The molecule has 4 rings (SSSR count). The highest BCUT2D eigenvalue weighted by molar-refractivity contribution is 5.99. The second-order valence-corrected chi connectivity index (χ2v) is 8.82. The van der Waals surface area contributed by atoms with Crippen LogP contribution in [0.3, 0.4) is 0 Å². The molecule has 0 bridgehead atoms. The third-order valence-electron chi connectivity index (χ3n) is 5.96. The molecule has 4 aromatic rings. The van der Waals surface area contributed by atoms with Gasteiger partial charge in [0.1, 0.15) is 16.8 Å². The number of hydrogen-bond acceptors (Lipinski definition) is 8. The van der Waals surface area contributed by atoms with Gasteiger partial charge < -0.3 is 35.5 Å². The molecule has 38 heavy (non-hydrogen) atoms. The molecule has 0 aliphatic carbocycles. The first-order valence-electron chi connectivity index (χ1n) is 12.5. The fourth-order valence-electron chi connectivity index (χ4n) is 4.01. The van der Waals surface area contributed by atoms with Crippen LogP contribution >= 0.6 is 0 Å². The lowest BCUT2D eigenvalue weighted by Crippen LogP contribution is -2.30. The number of ether oxygens (including phenoxy) is 1. The topological polar surface area (TPSA) is 110 Å². The maximum atomic E-state index is 11.7. The minimum absolute atomic E-state index is 0.298. The van der Waals surface area contributed by atoms with Gasteiger partial charge in [-0.15, -0.1) is 0 Å². The van der Waals surface area contributed by atoms with Crippen molar-refractivity contribution in [3.8, 4) is 11.6 Å². The number of carbonyl (C=O) groups is 1. The van der Waals surface area contributed by atoms with Crippen LogP contribution in [0.5, 0.6) is 11.6 Å². The summed E-state index contributed by atoms with van der Waals surface area (Å²) in [6, 6.07) is 15.3. The van der Waals surface area contributed by atoms with Gasteiger partial charge in [-0.1, -0.05) is 12.6 Å². The van der Waals surface area contributed by atoms with Crippen molar-refractivity contribution in [2.75, 3.05) is 61.2 Å². The van der Waals surface area contributed by atoms with E-state index in [-0.39, 0.29) is 5.91 Å². The first-order valence-corrected chi connectivity index (χ1v) is 12.5. The average molecular weight is 515 g/mol. The lowest BCUT2D eigenvalue weighted by molar-refractivity contribution is -0.111. The van der Waals surface area contributed by atoms with E-state index in [1.54, 1.807) is 24.3 Å². The Labute approximate surface area is 222 Å². The average Bonchev–Trinajstić information content (AvgIpc) is 3.35. The number of carbonyl (C=O) groups excluding carboxylic acids is 1. The van der Waals surface area contributed by atoms with Crippen LogP contribution in [0.15, 0.2) is 67.4 Å². The molecule has 2 aromatic carbocycles. The zero-order valence-electron chi connectivity index (χ0n) is 22.2. The number of amides is 1. The molecule has 10 nitrogen and oxygen atoms in total. The van der Waals surface area contributed by atoms with Gasteiger partial charge >= 0.3 is 0 Å². The van der Waals surface area contributed by atoms with Crippen molar-refractivity contribution in [2.45, 2.75) is 6.92 Å². The standard InChI is InChI=1S/C28H34N8O2/c1-6-24(37)31-20-9-8-10-22(17-20)38-27-25-23(35(4)5)18-30-26(25)33-28(34-27)32-19-11-13-21(14-12-19)36(7-2)16-15-29-3/h6,8-14,17-18,29H,1,7,15-16H2,2-5H3,(H,31,37)(H2,30,32,33,34). The Kier molecular flexibility index (Phi) is 8.44. The minimum atomic E-state index is -0.298. The predicted octanol–water partition coefficient (Wildman–Crippen LogP) is 4.73. The van der Waals surface area contributed by atoms with Crippen molar-refractivity contribution in [1.29, 1.82) is 0 Å². The number of fused-ring (bicyclic) bond motifs is 1. The highest BCUT2D eigenvalue weighted by Gasteiger charge is 2.18. The van der Waals surface area contributed by atoms with E-state index >= 15 is 0 Å². The molecule has 1 amide bonds. The molecule has 0 spiro atoms. The Morgan fingerprint density at radius 3 is 2.61 bits per heavy atom. The van der Waals surface area contributed by atoms with Crippen LogP contribution < -0.4 is 30.5 Å². The first-order chi connectivity index (χ1) is 18.4. The van der Waals surface area contributed by atoms with Crippen LogP contribution in [0.25, 0.3) is 11.0 Å². The third kappa shape index (κ3) is 6.22. The molecular weight excluding hydrogens is 480 g/mol. The molecule has 0 saturated carbocycles. The van der Waals surface area contributed by atoms with E-state index in [4.69, 9.17) is 9.72 Å². The summed E-state index contributed by atoms with van der Waals surface area (Å²) in [5.41, 5.74) is 4.13. The van der Waals surface area contributed by atoms with Crippen LogP contribution in [0.4, 0.5) is 28.7 Å². The summed E-state index contributed by atoms with van der Waals surface area (Å²) in [6.07, 6.45) is 3.09. The van der Waals surface area contributed by atoms with Crippen molar-refractivity contribution in [3.05, 3.63) is 67.4 Å². The normalized spacial score (nSPS) is 10.7. The number of H-pyrrole nitrogens is 1. The fraction of sp³-hybridized carbons (Fsp3) is 0.250. The quantitative estimate of drug-likeness (QED) is 0.201. The first kappa shape index (κ1) is 26.5. The Bertz CT molecular complexity index is 1400. The van der Waals surface area contributed by atoms with E-state index in [2.05, 4.69) is 56.5 Å². The monoisotopic (exact) mass is 514 g/mol. The molecule has 0 saturated heterocycles. The fourth-order valence-corrected chi connectivity index (χ4v) is 4.01. The number of benzene rings is 2. The number of aromatic amines is 1. The number of rotatable bonds is 12. The van der Waals surface area contributed by atoms with Gasteiger partial charge in [0, 0.05) is 63.1 Å². The molecule has 0 fully saturated rings. The van der Waals surface area contributed by atoms with Gasteiger partial charge in [-0.05, 0) is 56.4 Å². The van der Waals surface area contributed by atoms with Crippen LogP contribution in [-0.2, 0) is 4.79 Å². The van der Waals surface area contributed by atoms with Crippen molar-refractivity contribution >= 4 is 45.6 Å². The number of likely N-dealkylation sites (N-methyl/N-ethyl adjacent to an activating group) is 2. The van der Waals surface area contributed by atoms with Gasteiger partial charge in [0.25, 0.3) is 0 Å². The summed E-state index contributed by atoms with van der Waals surface area (Å²) in [5, 5.41) is 9.99. The van der Waals surface area contributed by atoms with Gasteiger partial charge in [0.05, 0.1) is 5.69 Å². The molecule has 2 heterocycles. The van der Waals surface area contributed by atoms with Crippen molar-refractivity contribution in [1.82, 2.24) is 20.3 Å². The molecule has 198 valence electrons. The van der Waals surface area contributed by atoms with Crippen LogP contribution in [0.2, 0.25) is 0 Å². The Hall–Kier alpha value is -4.57. The Morgan fingerprint density at radius 1 is 1.13 bits per heavy atom. The second-order valence-electron chi connectivity index (χ2n) is 8.82. The van der Waals surface area contributed by atoms with E-state index in [1.165, 1.54) is 6.08 Å². The Morgan fingerprint density at radius 2 is 1.92 bits per heavy atom. The summed E-state index contributed by atoms with van der Waals surface area (Å²) < 4.78 is 6.25. The zero-order valence-corrected chi connectivity index (χ0v) is 22.2. The van der Waals surface area contributed by atoms with Gasteiger partial charge in [0.15, 0.2) is 0 Å². The largest absolute Gasteiger partial charge is 0.438 e. The smallest absolute Gasteiger partial charge is 0.247 e. The predicted molar refractivity (Wildman–Crippen MR) is 155 cm³/mol. The van der Waals surface area contributed by atoms with E-state index in [0.29, 0.717) is 28.9 Å². The number of hydrogen-bond donors (Lipinski definition) is 4. The highest BCUT2D eigenvalue weighted by Crippen LogP contribution is 2.36. The molecule has 0 atom stereocenters. The molecule has 2 aromatic heterocycles. The van der Waals surface area contributed by atoms with Crippen molar-refractivity contribution in [2.24, 2.45) is 0 Å². The number of nitrogens with one attached hydrogen (secondary N) is 4. The minimum Gasteiger partial charge on any atom is -0.438 e. The van der Waals surface area contributed by atoms with Crippen molar-refractivity contribution in [3.63, 3.8) is 0 Å². The van der Waals surface area contributed by atoms with Gasteiger partial charge in [0.2, 0.25) is 17.7 Å². The van der Waals surface area contributed by atoms with Gasteiger partial charge in [-0.25, -0.2) is 0 Å². The number of nitrogens with zero attached hydrogens (tertiary/aromatic N) is 4. The van der Waals surface area contributed by atoms with Crippen molar-refractivity contribution < 1.29 is 9.53 Å². The molecule has 0 radical (unpaired) electrons. The van der Waals surface area contributed by atoms with E-state index in [9.17, 15) is 4.79 Å². The second kappa shape index (κ2) is 12.1. The summed E-state index contributed by atoms with van der Waals surface area (Å²) in [6.45, 7) is 8.41. The van der Waals surface area contributed by atoms with Crippen LogP contribution in [0.1, 0.15) is 6.92 Å². The highest BCUT2D eigenvalue weighted by atomic mass is 16.5. The van der Waals surface area contributed by atoms with Gasteiger partial charge in [-0.2, -0.15) is 9.97 Å². The summed E-state index contributed by atoms with van der Waals surface area (Å²) in [5.74, 6) is 1.00. The Balaban J connectivity index is 1.64. The summed E-state index contributed by atoms with van der Waals surface area (Å²) in [4.78, 5) is 28.6. The number of aromatic nitrogens is 3. The summed E-state index contributed by atoms with van der Waals surface area (Å²) >= 11 is 0. The maximum absolute atomic E-state index is 11.7. The lowest BCUT2D eigenvalue weighted by atomic mass is 10.2. The molecule has 10 heteroatoms. The molecule has 0 unspecified atom stereocenters. The molecular formula is C28H34N8O2. The molecule has 0 aliphatic rings. The van der Waals surface area contributed by atoms with Gasteiger partial charge in [-0.3, -0.25) is 4.79 Å². The SMILES string of the molecule is C=CC(=O)Nc1cccc(Oc2nc(Nc3ccc(N(CC)CCNC)cc3)nc3[nH]cc(N(C)C)c23)c1.